The molecular weight excluding hydrogens is 438 g/mol. The lowest BCUT2D eigenvalue weighted by Crippen LogP contribution is -2.35. The number of para-hydroxylation sites is 3. The average molecular weight is 466 g/mol. The molecule has 0 saturated carbocycles. The Hall–Kier alpha value is -4.39. The number of aromatic amines is 1. The van der Waals surface area contributed by atoms with E-state index in [1.807, 2.05) is 56.7 Å². The van der Waals surface area contributed by atoms with Crippen LogP contribution in [0.1, 0.15) is 17.0 Å². The predicted molar refractivity (Wildman–Crippen MR) is 140 cm³/mol. The fraction of sp³-hybridized carbons (Fsp3) is 0.179. The molecule has 5 aromatic rings. The minimum Gasteiger partial charge on any atom is -0.378 e. The normalized spacial score (nSPS) is 12.1. The molecule has 35 heavy (non-hydrogen) atoms. The third-order valence-corrected chi connectivity index (χ3v) is 6.37. The molecule has 0 aliphatic carbocycles. The van der Waals surface area contributed by atoms with Crippen molar-refractivity contribution >= 4 is 33.5 Å². The van der Waals surface area contributed by atoms with E-state index in [1.165, 1.54) is 10.8 Å². The number of anilines is 1. The molecule has 7 nitrogen and oxygen atoms in total. The van der Waals surface area contributed by atoms with Crippen molar-refractivity contribution in [3.63, 3.8) is 0 Å². The van der Waals surface area contributed by atoms with Crippen LogP contribution >= 0.6 is 0 Å². The number of aromatic nitrogens is 3. The zero-order valence-electron chi connectivity index (χ0n) is 19.7. The second-order valence-electron chi connectivity index (χ2n) is 8.80. The highest BCUT2D eigenvalue weighted by atomic mass is 16.2. The van der Waals surface area contributed by atoms with Crippen LogP contribution in [0.5, 0.6) is 0 Å². The maximum atomic E-state index is 13.0. The van der Waals surface area contributed by atoms with Gasteiger partial charge in [0.2, 0.25) is 5.91 Å². The Morgan fingerprint density at radius 2 is 1.77 bits per heavy atom. The van der Waals surface area contributed by atoms with Gasteiger partial charge in [-0.1, -0.05) is 42.5 Å². The molecular formula is C28H27N5O2. The lowest BCUT2D eigenvalue weighted by atomic mass is 9.90. The number of hydrogen-bond acceptors (Lipinski definition) is 4. The van der Waals surface area contributed by atoms with Crippen molar-refractivity contribution in [3.8, 4) is 0 Å². The Kier molecular flexibility index (Phi) is 6.06. The SMILES string of the molecule is CN(C)c1ccc(C(CNC(=O)Cn2c(=O)cnc3ccccc32)c2c[nH]c3ccccc23)cc1. The minimum absolute atomic E-state index is 0.0581. The summed E-state index contributed by atoms with van der Waals surface area (Å²) in [6.45, 7) is 0.335. The molecule has 176 valence electrons. The number of fused-ring (bicyclic) bond motifs is 2. The van der Waals surface area contributed by atoms with Crippen molar-refractivity contribution in [2.45, 2.75) is 12.5 Å². The first-order chi connectivity index (χ1) is 17.0. The number of nitrogens with zero attached hydrogens (tertiary/aromatic N) is 3. The van der Waals surface area contributed by atoms with Gasteiger partial charge in [0.05, 0.1) is 17.2 Å². The topological polar surface area (TPSA) is 83.0 Å². The number of H-pyrrole nitrogens is 1. The zero-order chi connectivity index (χ0) is 24.4. The standard InChI is InChI=1S/C28H27N5O2/c1-32(2)20-13-11-19(12-14-20)22(23-16-29-24-8-4-3-7-21(23)24)15-31-27(34)18-33-26-10-6-5-9-25(26)30-17-28(33)35/h3-14,16-17,22,29H,15,18H2,1-2H3,(H,31,34). The van der Waals surface area contributed by atoms with Crippen LogP contribution in [0.3, 0.4) is 0 Å². The quantitative estimate of drug-likeness (QED) is 0.382. The Balaban J connectivity index is 1.43. The Morgan fingerprint density at radius 1 is 1.03 bits per heavy atom. The molecule has 0 radical (unpaired) electrons. The fourth-order valence-corrected chi connectivity index (χ4v) is 4.49. The highest BCUT2D eigenvalue weighted by Gasteiger charge is 2.20. The zero-order valence-corrected chi connectivity index (χ0v) is 19.7. The van der Waals surface area contributed by atoms with E-state index in [9.17, 15) is 9.59 Å². The van der Waals surface area contributed by atoms with Crippen LogP contribution in [0, 0.1) is 0 Å². The summed E-state index contributed by atoms with van der Waals surface area (Å²) in [5.74, 6) is -0.282. The van der Waals surface area contributed by atoms with Crippen LogP contribution in [0.2, 0.25) is 0 Å². The monoisotopic (exact) mass is 465 g/mol. The molecule has 3 aromatic carbocycles. The summed E-state index contributed by atoms with van der Waals surface area (Å²) in [7, 11) is 4.02. The molecule has 2 aromatic heterocycles. The third kappa shape index (κ3) is 4.53. The smallest absolute Gasteiger partial charge is 0.269 e. The first-order valence-electron chi connectivity index (χ1n) is 11.6. The van der Waals surface area contributed by atoms with Gasteiger partial charge >= 0.3 is 0 Å². The lowest BCUT2D eigenvalue weighted by molar-refractivity contribution is -0.121. The van der Waals surface area contributed by atoms with Gasteiger partial charge < -0.3 is 15.2 Å². The van der Waals surface area contributed by atoms with Gasteiger partial charge in [0.25, 0.3) is 5.56 Å². The number of nitrogens with one attached hydrogen (secondary N) is 2. The molecule has 2 heterocycles. The van der Waals surface area contributed by atoms with Crippen molar-refractivity contribution in [2.24, 2.45) is 0 Å². The second-order valence-corrected chi connectivity index (χ2v) is 8.80. The van der Waals surface area contributed by atoms with Gasteiger partial charge in [-0.2, -0.15) is 0 Å². The molecule has 1 atom stereocenters. The van der Waals surface area contributed by atoms with Gasteiger partial charge in [0, 0.05) is 49.3 Å². The van der Waals surface area contributed by atoms with Gasteiger partial charge in [-0.25, -0.2) is 4.98 Å². The summed E-state index contributed by atoms with van der Waals surface area (Å²) in [6, 6.07) is 23.9. The van der Waals surface area contributed by atoms with Gasteiger partial charge in [-0.15, -0.1) is 0 Å². The van der Waals surface area contributed by atoms with Crippen molar-refractivity contribution < 1.29 is 4.79 Å². The van der Waals surface area contributed by atoms with Crippen molar-refractivity contribution in [2.75, 3.05) is 25.5 Å². The number of hydrogen-bond donors (Lipinski definition) is 2. The van der Waals surface area contributed by atoms with E-state index in [4.69, 9.17) is 0 Å². The highest BCUT2D eigenvalue weighted by molar-refractivity contribution is 5.84. The van der Waals surface area contributed by atoms with Crippen LogP contribution in [0.15, 0.2) is 90.0 Å². The van der Waals surface area contributed by atoms with E-state index in [-0.39, 0.29) is 23.9 Å². The molecule has 0 aliphatic heterocycles. The minimum atomic E-state index is -0.300. The van der Waals surface area contributed by atoms with E-state index in [0.29, 0.717) is 17.6 Å². The Morgan fingerprint density at radius 3 is 2.57 bits per heavy atom. The maximum Gasteiger partial charge on any atom is 0.269 e. The van der Waals surface area contributed by atoms with E-state index in [1.54, 1.807) is 6.07 Å². The van der Waals surface area contributed by atoms with Crippen molar-refractivity contribution in [1.29, 1.82) is 0 Å². The first kappa shape index (κ1) is 22.4. The third-order valence-electron chi connectivity index (χ3n) is 6.37. The van der Waals surface area contributed by atoms with Gasteiger partial charge in [0.1, 0.15) is 6.54 Å². The van der Waals surface area contributed by atoms with Crippen LogP contribution in [-0.2, 0) is 11.3 Å². The summed E-state index contributed by atoms with van der Waals surface area (Å²) >= 11 is 0. The average Bonchev–Trinajstić information content (AvgIpc) is 3.30. The number of amides is 1. The molecule has 1 amide bonds. The fourth-order valence-electron chi connectivity index (χ4n) is 4.49. The molecule has 2 N–H and O–H groups in total. The maximum absolute atomic E-state index is 13.0. The van der Waals surface area contributed by atoms with E-state index >= 15 is 0 Å². The van der Waals surface area contributed by atoms with Crippen LogP contribution < -0.4 is 15.8 Å². The highest BCUT2D eigenvalue weighted by Crippen LogP contribution is 2.31. The first-order valence-corrected chi connectivity index (χ1v) is 11.6. The van der Waals surface area contributed by atoms with Crippen LogP contribution in [-0.4, -0.2) is 41.1 Å². The molecule has 7 heteroatoms. The summed E-state index contributed by atoms with van der Waals surface area (Å²) in [5.41, 5.74) is 5.40. The van der Waals surface area contributed by atoms with E-state index in [0.717, 1.165) is 27.7 Å². The molecule has 0 aliphatic rings. The summed E-state index contributed by atoms with van der Waals surface area (Å²) in [5, 5.41) is 4.19. The Bertz CT molecular complexity index is 1550. The van der Waals surface area contributed by atoms with Gasteiger partial charge in [0.15, 0.2) is 0 Å². The van der Waals surface area contributed by atoms with E-state index in [2.05, 4.69) is 50.5 Å². The molecule has 0 fully saturated rings. The molecule has 0 spiro atoms. The lowest BCUT2D eigenvalue weighted by Gasteiger charge is -2.20. The molecule has 0 saturated heterocycles. The number of rotatable bonds is 7. The van der Waals surface area contributed by atoms with Crippen LogP contribution in [0.25, 0.3) is 21.9 Å². The predicted octanol–water partition coefficient (Wildman–Crippen LogP) is 3.89. The largest absolute Gasteiger partial charge is 0.378 e. The summed E-state index contributed by atoms with van der Waals surface area (Å²) < 4.78 is 1.46. The van der Waals surface area contributed by atoms with E-state index < -0.39 is 0 Å². The molecule has 1 unspecified atom stereocenters. The summed E-state index contributed by atoms with van der Waals surface area (Å²) in [4.78, 5) is 35.1. The summed E-state index contributed by atoms with van der Waals surface area (Å²) in [6.07, 6.45) is 3.28. The molecule has 5 rings (SSSR count). The number of benzene rings is 3. The molecule has 0 bridgehead atoms. The Labute approximate surface area is 203 Å². The van der Waals surface area contributed by atoms with Crippen LogP contribution in [0.4, 0.5) is 5.69 Å². The number of carbonyl (C=O) groups is 1. The second kappa shape index (κ2) is 9.46. The van der Waals surface area contributed by atoms with Gasteiger partial charge in [-0.3, -0.25) is 14.2 Å². The van der Waals surface area contributed by atoms with Crippen molar-refractivity contribution in [1.82, 2.24) is 19.9 Å². The number of carbonyl (C=O) groups excluding carboxylic acids is 1. The van der Waals surface area contributed by atoms with Crippen molar-refractivity contribution in [3.05, 3.63) is 107 Å². The van der Waals surface area contributed by atoms with Gasteiger partial charge in [-0.05, 0) is 41.5 Å².